The summed E-state index contributed by atoms with van der Waals surface area (Å²) in [5.41, 5.74) is 14.9. The lowest BCUT2D eigenvalue weighted by Gasteiger charge is -2.35. The molecule has 0 spiro atoms. The van der Waals surface area contributed by atoms with Crippen molar-refractivity contribution in [2.45, 2.75) is 6.92 Å². The number of nitrogens with zero attached hydrogens (tertiary/aromatic N) is 5. The number of anilines is 1. The zero-order valence-electron chi connectivity index (χ0n) is 23.7. The number of fused-ring (bicyclic) bond motifs is 1. The third kappa shape index (κ3) is 5.77. The molecule has 0 radical (unpaired) electrons. The van der Waals surface area contributed by atoms with E-state index in [1.807, 2.05) is 36.7 Å². The number of hydrogen-bond acceptors (Lipinski definition) is 6. The summed E-state index contributed by atoms with van der Waals surface area (Å²) in [6.07, 6.45) is 7.23. The number of aliphatic imine (C=N–C) groups is 1. The van der Waals surface area contributed by atoms with Gasteiger partial charge < -0.3 is 25.4 Å². The van der Waals surface area contributed by atoms with Crippen molar-refractivity contribution in [3.05, 3.63) is 83.8 Å². The highest BCUT2D eigenvalue weighted by Crippen LogP contribution is 2.33. The van der Waals surface area contributed by atoms with Crippen LogP contribution >= 0.6 is 0 Å². The summed E-state index contributed by atoms with van der Waals surface area (Å²) in [5, 5.41) is 1.05. The van der Waals surface area contributed by atoms with Crippen LogP contribution in [-0.2, 0) is 0 Å². The standard InChI is InChI=1S/C32H37N7O/c1-22-17-25(9-10-30(22)39-15-13-37(3)14-16-39)26-18-28-29(20-36-31(28)35-19-26)23-5-7-24(8-6-23)32(40)38(4)21-27(33)11-12-34-2/h5-12,17-20H,13-16,21,33H2,1-4H3,(H,35,36). The van der Waals surface area contributed by atoms with Gasteiger partial charge in [-0.2, -0.15) is 0 Å². The molecule has 2 aromatic carbocycles. The number of benzene rings is 2. The van der Waals surface area contributed by atoms with Gasteiger partial charge >= 0.3 is 0 Å². The summed E-state index contributed by atoms with van der Waals surface area (Å²) in [6.45, 7) is 6.80. The van der Waals surface area contributed by atoms with Crippen LogP contribution in [0.4, 0.5) is 5.69 Å². The van der Waals surface area contributed by atoms with E-state index < -0.39 is 0 Å². The number of H-pyrrole nitrogens is 1. The molecule has 4 aromatic rings. The average molecular weight is 536 g/mol. The number of piperazine rings is 1. The summed E-state index contributed by atoms with van der Waals surface area (Å²) in [6, 6.07) is 16.6. The number of allylic oxidation sites excluding steroid dienone is 1. The van der Waals surface area contributed by atoms with Crippen LogP contribution < -0.4 is 10.6 Å². The lowest BCUT2D eigenvalue weighted by Crippen LogP contribution is -2.44. The second-order valence-corrected chi connectivity index (χ2v) is 10.5. The Balaban J connectivity index is 1.36. The number of rotatable bonds is 7. The first-order chi connectivity index (χ1) is 19.3. The molecule has 8 heteroatoms. The van der Waals surface area contributed by atoms with Gasteiger partial charge in [0.25, 0.3) is 5.91 Å². The Morgan fingerprint density at radius 1 is 1.07 bits per heavy atom. The molecule has 5 rings (SSSR count). The summed E-state index contributed by atoms with van der Waals surface area (Å²) >= 11 is 0. The lowest BCUT2D eigenvalue weighted by molar-refractivity contribution is 0.0806. The van der Waals surface area contributed by atoms with E-state index >= 15 is 0 Å². The SMILES string of the molecule is CN=CC=C(N)CN(C)C(=O)c1ccc(-c2c[nH]c3ncc(-c4ccc(N5CCN(C)CC5)c(C)c4)cc23)cc1. The second kappa shape index (κ2) is 11.8. The maximum atomic E-state index is 12.9. The predicted octanol–water partition coefficient (Wildman–Crippen LogP) is 4.57. The highest BCUT2D eigenvalue weighted by atomic mass is 16.2. The highest BCUT2D eigenvalue weighted by Gasteiger charge is 2.17. The molecule has 1 aliphatic heterocycles. The second-order valence-electron chi connectivity index (χ2n) is 10.5. The number of aryl methyl sites for hydroxylation is 1. The van der Waals surface area contributed by atoms with Gasteiger partial charge in [-0.3, -0.25) is 9.79 Å². The van der Waals surface area contributed by atoms with Gasteiger partial charge in [0.05, 0.1) is 6.54 Å². The summed E-state index contributed by atoms with van der Waals surface area (Å²) in [7, 11) is 5.60. The summed E-state index contributed by atoms with van der Waals surface area (Å²) < 4.78 is 0. The van der Waals surface area contributed by atoms with Crippen LogP contribution in [0.1, 0.15) is 15.9 Å². The molecule has 0 atom stereocenters. The van der Waals surface area contributed by atoms with E-state index in [0.29, 0.717) is 17.8 Å². The molecule has 3 N–H and O–H groups in total. The minimum absolute atomic E-state index is 0.0883. The van der Waals surface area contributed by atoms with E-state index in [1.165, 1.54) is 11.3 Å². The number of aromatic amines is 1. The van der Waals surface area contributed by atoms with E-state index in [0.717, 1.165) is 59.5 Å². The van der Waals surface area contributed by atoms with Gasteiger partial charge in [0.15, 0.2) is 0 Å². The maximum Gasteiger partial charge on any atom is 0.253 e. The average Bonchev–Trinajstić information content (AvgIpc) is 3.39. The Bertz CT molecular complexity index is 1560. The van der Waals surface area contributed by atoms with E-state index in [9.17, 15) is 4.79 Å². The molecule has 1 amide bonds. The number of nitrogens with one attached hydrogen (secondary N) is 1. The number of carbonyl (C=O) groups excluding carboxylic acids is 1. The normalized spacial score (nSPS) is 14.8. The number of nitrogens with two attached hydrogens (primary N) is 1. The van der Waals surface area contributed by atoms with Crippen molar-refractivity contribution in [2.24, 2.45) is 10.7 Å². The molecule has 1 aliphatic rings. The number of likely N-dealkylation sites (N-methyl/N-ethyl adjacent to an activating group) is 2. The van der Waals surface area contributed by atoms with Gasteiger partial charge in [-0.1, -0.05) is 18.2 Å². The van der Waals surface area contributed by atoms with Gasteiger partial charge in [0.1, 0.15) is 5.65 Å². The van der Waals surface area contributed by atoms with Crippen molar-refractivity contribution in [3.8, 4) is 22.3 Å². The molecular formula is C32H37N7O. The first-order valence-corrected chi connectivity index (χ1v) is 13.6. The number of aromatic nitrogens is 2. The van der Waals surface area contributed by atoms with Gasteiger partial charge in [-0.15, -0.1) is 0 Å². The third-order valence-corrected chi connectivity index (χ3v) is 7.55. The fourth-order valence-corrected chi connectivity index (χ4v) is 5.22. The van der Waals surface area contributed by atoms with E-state index in [1.54, 1.807) is 31.3 Å². The fourth-order valence-electron chi connectivity index (χ4n) is 5.22. The number of hydrogen-bond donors (Lipinski definition) is 2. The largest absolute Gasteiger partial charge is 0.401 e. The third-order valence-electron chi connectivity index (χ3n) is 7.55. The topological polar surface area (TPSA) is 93.8 Å². The maximum absolute atomic E-state index is 12.9. The number of pyridine rings is 1. The van der Waals surface area contributed by atoms with Crippen LogP contribution in [0.5, 0.6) is 0 Å². The quantitative estimate of drug-likeness (QED) is 0.338. The van der Waals surface area contributed by atoms with Gasteiger partial charge in [-0.05, 0) is 67.1 Å². The molecule has 1 fully saturated rings. The smallest absolute Gasteiger partial charge is 0.253 e. The Morgan fingerprint density at radius 2 is 1.80 bits per heavy atom. The highest BCUT2D eigenvalue weighted by molar-refractivity contribution is 5.98. The molecule has 0 saturated carbocycles. The minimum atomic E-state index is -0.0883. The van der Waals surface area contributed by atoms with Crippen molar-refractivity contribution < 1.29 is 4.79 Å². The van der Waals surface area contributed by atoms with Crippen molar-refractivity contribution in [1.29, 1.82) is 0 Å². The molecule has 3 heterocycles. The molecule has 0 aliphatic carbocycles. The van der Waals surface area contributed by atoms with Crippen LogP contribution in [-0.4, -0.2) is 85.8 Å². The molecule has 2 aromatic heterocycles. The van der Waals surface area contributed by atoms with Gasteiger partial charge in [0.2, 0.25) is 0 Å². The van der Waals surface area contributed by atoms with Crippen molar-refractivity contribution in [2.75, 3.05) is 58.8 Å². The fraction of sp³-hybridized carbons (Fsp3) is 0.281. The Kier molecular flexibility index (Phi) is 7.98. The van der Waals surface area contributed by atoms with Crippen LogP contribution in [0, 0.1) is 6.92 Å². The van der Waals surface area contributed by atoms with Gasteiger partial charge in [0, 0.05) is 92.3 Å². The van der Waals surface area contributed by atoms with Crippen LogP contribution in [0.2, 0.25) is 0 Å². The van der Waals surface area contributed by atoms with Gasteiger partial charge in [-0.25, -0.2) is 4.98 Å². The minimum Gasteiger partial charge on any atom is -0.401 e. The first-order valence-electron chi connectivity index (χ1n) is 13.6. The van der Waals surface area contributed by atoms with Crippen LogP contribution in [0.25, 0.3) is 33.3 Å². The molecule has 0 unspecified atom stereocenters. The predicted molar refractivity (Wildman–Crippen MR) is 165 cm³/mol. The van der Waals surface area contributed by atoms with Crippen LogP contribution in [0.3, 0.4) is 0 Å². The first kappa shape index (κ1) is 27.1. The Labute approximate surface area is 235 Å². The number of carbonyl (C=O) groups is 1. The molecule has 40 heavy (non-hydrogen) atoms. The molecule has 206 valence electrons. The molecule has 8 nitrogen and oxygen atoms in total. The van der Waals surface area contributed by atoms with E-state index in [-0.39, 0.29) is 5.91 Å². The lowest BCUT2D eigenvalue weighted by atomic mass is 9.99. The summed E-state index contributed by atoms with van der Waals surface area (Å²) in [5.74, 6) is -0.0883. The Morgan fingerprint density at radius 3 is 2.50 bits per heavy atom. The number of amides is 1. The van der Waals surface area contributed by atoms with E-state index in [4.69, 9.17) is 10.7 Å². The van der Waals surface area contributed by atoms with Crippen molar-refractivity contribution in [1.82, 2.24) is 19.8 Å². The molecule has 1 saturated heterocycles. The van der Waals surface area contributed by atoms with Crippen molar-refractivity contribution >= 4 is 28.8 Å². The zero-order chi connectivity index (χ0) is 28.2. The zero-order valence-corrected chi connectivity index (χ0v) is 23.7. The van der Waals surface area contributed by atoms with E-state index in [2.05, 4.69) is 58.0 Å². The molecule has 0 bridgehead atoms. The molecular weight excluding hydrogens is 498 g/mol. The Hall–Kier alpha value is -4.43. The monoisotopic (exact) mass is 535 g/mol. The van der Waals surface area contributed by atoms with Crippen LogP contribution in [0.15, 0.2) is 77.7 Å². The van der Waals surface area contributed by atoms with Crippen molar-refractivity contribution in [3.63, 3.8) is 0 Å². The summed E-state index contributed by atoms with van der Waals surface area (Å²) in [4.78, 5) is 31.3.